The molecule has 1 aromatic heterocycles. The fourth-order valence-electron chi connectivity index (χ4n) is 1.48. The molecule has 0 saturated heterocycles. The van der Waals surface area contributed by atoms with Crippen LogP contribution in [0.25, 0.3) is 0 Å². The fraction of sp³-hybridized carbons (Fsp3) is 0.444. The van der Waals surface area contributed by atoms with E-state index in [-0.39, 0.29) is 5.97 Å². The quantitative estimate of drug-likeness (QED) is 0.789. The number of hydrogen-bond donors (Lipinski definition) is 1. The van der Waals surface area contributed by atoms with E-state index in [0.717, 1.165) is 17.7 Å². The summed E-state index contributed by atoms with van der Waals surface area (Å²) in [4.78, 5) is 11.6. The van der Waals surface area contributed by atoms with Gasteiger partial charge in [-0.25, -0.2) is 4.79 Å². The molecule has 1 aromatic rings. The van der Waals surface area contributed by atoms with Crippen molar-refractivity contribution in [1.29, 1.82) is 0 Å². The highest BCUT2D eigenvalue weighted by Gasteiger charge is 2.26. The van der Waals surface area contributed by atoms with Crippen molar-refractivity contribution in [2.75, 3.05) is 18.1 Å². The minimum atomic E-state index is -0.273. The van der Waals surface area contributed by atoms with E-state index >= 15 is 0 Å². The van der Waals surface area contributed by atoms with Gasteiger partial charge < -0.3 is 10.5 Å². The number of carbonyl (C=O) groups is 1. The second-order valence-electron chi connectivity index (χ2n) is 2.93. The largest absolute Gasteiger partial charge is 0.462 e. The number of rotatable bonds is 2. The van der Waals surface area contributed by atoms with Gasteiger partial charge in [-0.3, -0.25) is 0 Å². The van der Waals surface area contributed by atoms with Gasteiger partial charge in [0.25, 0.3) is 0 Å². The van der Waals surface area contributed by atoms with Crippen LogP contribution in [0.5, 0.6) is 0 Å². The smallest absolute Gasteiger partial charge is 0.341 e. The van der Waals surface area contributed by atoms with Gasteiger partial charge in [-0.15, -0.1) is 23.1 Å². The molecule has 3 nitrogen and oxygen atoms in total. The number of hydrogen-bond acceptors (Lipinski definition) is 5. The molecule has 0 unspecified atom stereocenters. The second kappa shape index (κ2) is 3.82. The van der Waals surface area contributed by atoms with Crippen LogP contribution in [0.3, 0.4) is 0 Å². The minimum absolute atomic E-state index is 0.273. The monoisotopic (exact) mass is 229 g/mol. The summed E-state index contributed by atoms with van der Waals surface area (Å²) >= 11 is 3.27. The van der Waals surface area contributed by atoms with Crippen molar-refractivity contribution in [2.45, 2.75) is 17.6 Å². The van der Waals surface area contributed by atoms with Crippen molar-refractivity contribution < 1.29 is 9.53 Å². The molecular weight excluding hydrogens is 218 g/mol. The maximum atomic E-state index is 11.6. The zero-order valence-corrected chi connectivity index (χ0v) is 9.46. The van der Waals surface area contributed by atoms with Gasteiger partial charge in [-0.05, 0) is 18.9 Å². The zero-order valence-electron chi connectivity index (χ0n) is 7.83. The first-order valence-corrected chi connectivity index (χ1v) is 6.25. The van der Waals surface area contributed by atoms with Crippen molar-refractivity contribution in [1.82, 2.24) is 0 Å². The molecule has 1 aliphatic heterocycles. The predicted molar refractivity (Wildman–Crippen MR) is 59.1 cm³/mol. The molecule has 76 valence electrons. The lowest BCUT2D eigenvalue weighted by Gasteiger charge is -2.02. The van der Waals surface area contributed by atoms with E-state index in [2.05, 4.69) is 0 Å². The molecule has 2 rings (SSSR count). The highest BCUT2D eigenvalue weighted by atomic mass is 32.2. The number of ether oxygens (including phenoxy) is 1. The lowest BCUT2D eigenvalue weighted by atomic mass is 10.1. The SMILES string of the molecule is CCOC(=O)c1c(N)sc2c1CCS2. The lowest BCUT2D eigenvalue weighted by Crippen LogP contribution is -2.08. The third-order valence-corrected chi connectivity index (χ3v) is 4.44. The molecule has 0 saturated carbocycles. The van der Waals surface area contributed by atoms with E-state index in [0.29, 0.717) is 17.2 Å². The first-order valence-electron chi connectivity index (χ1n) is 4.45. The molecule has 0 aromatic carbocycles. The Morgan fingerprint density at radius 3 is 3.14 bits per heavy atom. The van der Waals surface area contributed by atoms with E-state index in [1.807, 2.05) is 0 Å². The van der Waals surface area contributed by atoms with Crippen molar-refractivity contribution >= 4 is 34.1 Å². The van der Waals surface area contributed by atoms with Gasteiger partial charge in [0, 0.05) is 5.75 Å². The molecular formula is C9H11NO2S2. The van der Waals surface area contributed by atoms with Crippen LogP contribution < -0.4 is 5.73 Å². The molecule has 14 heavy (non-hydrogen) atoms. The van der Waals surface area contributed by atoms with Gasteiger partial charge in [0.15, 0.2) is 0 Å². The van der Waals surface area contributed by atoms with E-state index in [9.17, 15) is 4.79 Å². The molecule has 0 atom stereocenters. The summed E-state index contributed by atoms with van der Waals surface area (Å²) in [6, 6.07) is 0. The molecule has 0 fully saturated rings. The Morgan fingerprint density at radius 2 is 2.43 bits per heavy atom. The summed E-state index contributed by atoms with van der Waals surface area (Å²) in [7, 11) is 0. The Balaban J connectivity index is 2.37. The summed E-state index contributed by atoms with van der Waals surface area (Å²) in [6.45, 7) is 2.20. The Bertz CT molecular complexity index is 373. The lowest BCUT2D eigenvalue weighted by molar-refractivity contribution is 0.0527. The van der Waals surface area contributed by atoms with Gasteiger partial charge in [0.1, 0.15) is 5.00 Å². The number of thioether (sulfide) groups is 1. The number of carbonyl (C=O) groups excluding carboxylic acids is 1. The Kier molecular flexibility index (Phi) is 2.69. The van der Waals surface area contributed by atoms with Crippen molar-refractivity contribution in [2.24, 2.45) is 0 Å². The normalized spacial score (nSPS) is 14.1. The Labute approximate surface area is 90.6 Å². The van der Waals surface area contributed by atoms with Gasteiger partial charge in [0.2, 0.25) is 0 Å². The third kappa shape index (κ3) is 1.50. The topological polar surface area (TPSA) is 52.3 Å². The number of nitrogens with two attached hydrogens (primary N) is 1. The molecule has 0 amide bonds. The second-order valence-corrected chi connectivity index (χ2v) is 5.34. The van der Waals surface area contributed by atoms with E-state index in [4.69, 9.17) is 10.5 Å². The molecule has 1 aliphatic rings. The fourth-order valence-corrected chi connectivity index (χ4v) is 3.94. The first-order chi connectivity index (χ1) is 6.74. The Morgan fingerprint density at radius 1 is 1.64 bits per heavy atom. The molecule has 2 N–H and O–H groups in total. The van der Waals surface area contributed by atoms with E-state index in [1.54, 1.807) is 18.7 Å². The van der Waals surface area contributed by atoms with Gasteiger partial charge in [0.05, 0.1) is 16.4 Å². The summed E-state index contributed by atoms with van der Waals surface area (Å²) in [5, 5.41) is 0.598. The summed E-state index contributed by atoms with van der Waals surface area (Å²) in [6.07, 6.45) is 0.932. The van der Waals surface area contributed by atoms with Crippen LogP contribution in [0.4, 0.5) is 5.00 Å². The molecule has 2 heterocycles. The minimum Gasteiger partial charge on any atom is -0.462 e. The van der Waals surface area contributed by atoms with Crippen LogP contribution in [0.1, 0.15) is 22.8 Å². The summed E-state index contributed by atoms with van der Waals surface area (Å²) < 4.78 is 6.16. The van der Waals surface area contributed by atoms with Crippen LogP contribution in [-0.4, -0.2) is 18.3 Å². The summed E-state index contributed by atoms with van der Waals surface area (Å²) in [5.74, 6) is 0.776. The van der Waals surface area contributed by atoms with Crippen LogP contribution in [-0.2, 0) is 11.2 Å². The average molecular weight is 229 g/mol. The zero-order chi connectivity index (χ0) is 10.1. The highest BCUT2D eigenvalue weighted by Crippen LogP contribution is 2.43. The van der Waals surface area contributed by atoms with Gasteiger partial charge in [-0.1, -0.05) is 0 Å². The predicted octanol–water partition coefficient (Wildman–Crippen LogP) is 2.16. The Hall–Kier alpha value is -0.680. The number of anilines is 1. The summed E-state index contributed by atoms with van der Waals surface area (Å²) in [5.41, 5.74) is 7.49. The number of esters is 1. The number of fused-ring (bicyclic) bond motifs is 1. The van der Waals surface area contributed by atoms with Crippen LogP contribution in [0.15, 0.2) is 4.21 Å². The molecule has 0 spiro atoms. The van der Waals surface area contributed by atoms with Crippen molar-refractivity contribution in [3.05, 3.63) is 11.1 Å². The maximum Gasteiger partial charge on any atom is 0.341 e. The van der Waals surface area contributed by atoms with Gasteiger partial charge >= 0.3 is 5.97 Å². The van der Waals surface area contributed by atoms with E-state index in [1.165, 1.54) is 15.5 Å². The van der Waals surface area contributed by atoms with Crippen LogP contribution in [0.2, 0.25) is 0 Å². The van der Waals surface area contributed by atoms with Crippen molar-refractivity contribution in [3.8, 4) is 0 Å². The first kappa shape index (κ1) is 9.86. The molecule has 0 bridgehead atoms. The van der Waals surface area contributed by atoms with E-state index < -0.39 is 0 Å². The van der Waals surface area contributed by atoms with Crippen molar-refractivity contribution in [3.63, 3.8) is 0 Å². The van der Waals surface area contributed by atoms with Crippen LogP contribution >= 0.6 is 23.1 Å². The van der Waals surface area contributed by atoms with Gasteiger partial charge in [-0.2, -0.15) is 0 Å². The maximum absolute atomic E-state index is 11.6. The third-order valence-electron chi connectivity index (χ3n) is 2.06. The average Bonchev–Trinajstić information content (AvgIpc) is 2.63. The number of nitrogen functional groups attached to an aromatic ring is 1. The van der Waals surface area contributed by atoms with Crippen LogP contribution in [0, 0.1) is 0 Å². The number of thiophene rings is 1. The molecule has 5 heteroatoms. The standard InChI is InChI=1S/C9H11NO2S2/c1-2-12-8(11)6-5-3-4-13-9(5)14-7(6)10/h2-4,10H2,1H3. The molecule has 0 radical (unpaired) electrons. The molecule has 0 aliphatic carbocycles. The highest BCUT2D eigenvalue weighted by molar-refractivity contribution is 8.01.